The summed E-state index contributed by atoms with van der Waals surface area (Å²) in [5.41, 5.74) is 1.05. The van der Waals surface area contributed by atoms with Gasteiger partial charge in [-0.15, -0.1) is 11.8 Å². The summed E-state index contributed by atoms with van der Waals surface area (Å²) in [6.45, 7) is 1.88. The van der Waals surface area contributed by atoms with Gasteiger partial charge in [0.15, 0.2) is 0 Å². The van der Waals surface area contributed by atoms with Crippen LogP contribution in [0.15, 0.2) is 30.3 Å². The summed E-state index contributed by atoms with van der Waals surface area (Å²) in [7, 11) is 0. The molecular weight excluding hydrogens is 292 g/mol. The van der Waals surface area contributed by atoms with Crippen molar-refractivity contribution in [3.05, 3.63) is 35.9 Å². The highest BCUT2D eigenvalue weighted by Gasteiger charge is 2.53. The normalized spacial score (nSPS) is 32.1. The number of benzene rings is 1. The fraction of sp³-hybridized carbons (Fsp3) is 0.533. The lowest BCUT2D eigenvalue weighted by molar-refractivity contribution is -0.152. The number of esters is 1. The van der Waals surface area contributed by atoms with Crippen LogP contribution in [0.2, 0.25) is 0 Å². The molecule has 0 aliphatic heterocycles. The third-order valence-electron chi connectivity index (χ3n) is 3.60. The Kier molecular flexibility index (Phi) is 5.64. The topological polar surface area (TPSA) is 87.0 Å². The van der Waals surface area contributed by atoms with Gasteiger partial charge in [0.1, 0.15) is 6.10 Å². The molecule has 1 aliphatic rings. The third kappa shape index (κ3) is 3.58. The van der Waals surface area contributed by atoms with Gasteiger partial charge in [-0.1, -0.05) is 30.3 Å². The molecule has 0 saturated heterocycles. The van der Waals surface area contributed by atoms with E-state index < -0.39 is 35.4 Å². The summed E-state index contributed by atoms with van der Waals surface area (Å²) in [4.78, 5) is 12.0. The van der Waals surface area contributed by atoms with E-state index >= 15 is 0 Å². The molecule has 21 heavy (non-hydrogen) atoms. The summed E-state index contributed by atoms with van der Waals surface area (Å²) in [6.07, 6.45) is -3.77. The first-order valence-electron chi connectivity index (χ1n) is 6.92. The fourth-order valence-electron chi connectivity index (χ4n) is 2.50. The standard InChI is InChI=1S/C15H20O5S/c1-2-20-15(19)10-11(16)12(17)13(18)14(10)21-8-9-6-4-3-5-7-9/h3-7,10-14,16-18H,2,8H2,1H3/t10-,11+,12+,13-,14+/m0/s1. The molecule has 0 amide bonds. The molecule has 5 nitrogen and oxygen atoms in total. The molecule has 6 heteroatoms. The second-order valence-corrected chi connectivity index (χ2v) is 6.18. The lowest BCUT2D eigenvalue weighted by Crippen LogP contribution is -2.34. The fourth-order valence-corrected chi connectivity index (χ4v) is 3.91. The first-order valence-corrected chi connectivity index (χ1v) is 7.97. The zero-order valence-electron chi connectivity index (χ0n) is 11.8. The quantitative estimate of drug-likeness (QED) is 0.689. The number of carbonyl (C=O) groups is 1. The molecule has 0 spiro atoms. The van der Waals surface area contributed by atoms with E-state index in [-0.39, 0.29) is 6.61 Å². The SMILES string of the molecule is CCOC(=O)[C@H]1[C@@H](O)[C@@H](O)[C@H](O)[C@@H]1SCc1ccccc1. The molecule has 0 aromatic heterocycles. The van der Waals surface area contributed by atoms with Gasteiger partial charge in [-0.25, -0.2) is 0 Å². The van der Waals surface area contributed by atoms with Crippen LogP contribution in [-0.2, 0) is 15.3 Å². The van der Waals surface area contributed by atoms with Gasteiger partial charge in [0.05, 0.1) is 24.7 Å². The first kappa shape index (κ1) is 16.3. The Bertz CT molecular complexity index is 466. The van der Waals surface area contributed by atoms with E-state index in [1.54, 1.807) is 6.92 Å². The minimum absolute atomic E-state index is 0.199. The van der Waals surface area contributed by atoms with Crippen molar-refractivity contribution < 1.29 is 24.9 Å². The summed E-state index contributed by atoms with van der Waals surface area (Å²) >= 11 is 1.34. The van der Waals surface area contributed by atoms with Gasteiger partial charge in [0, 0.05) is 11.0 Å². The second-order valence-electron chi connectivity index (χ2n) is 5.01. The minimum Gasteiger partial charge on any atom is -0.466 e. The van der Waals surface area contributed by atoms with Crippen LogP contribution in [0, 0.1) is 5.92 Å². The molecule has 2 rings (SSSR count). The number of ether oxygens (including phenoxy) is 1. The maximum absolute atomic E-state index is 12.0. The number of carbonyl (C=O) groups excluding carboxylic acids is 1. The van der Waals surface area contributed by atoms with Crippen LogP contribution in [0.4, 0.5) is 0 Å². The van der Waals surface area contributed by atoms with Crippen molar-refractivity contribution in [2.45, 2.75) is 36.2 Å². The van der Waals surface area contributed by atoms with Gasteiger partial charge < -0.3 is 20.1 Å². The Labute approximate surface area is 127 Å². The first-order chi connectivity index (χ1) is 10.1. The van der Waals surface area contributed by atoms with Crippen LogP contribution in [-0.4, -0.2) is 51.5 Å². The molecule has 0 heterocycles. The Balaban J connectivity index is 2.08. The number of aliphatic hydroxyl groups is 3. The van der Waals surface area contributed by atoms with E-state index in [9.17, 15) is 20.1 Å². The highest BCUT2D eigenvalue weighted by atomic mass is 32.2. The molecule has 3 N–H and O–H groups in total. The Morgan fingerprint density at radius 3 is 2.43 bits per heavy atom. The lowest BCUT2D eigenvalue weighted by atomic mass is 10.1. The summed E-state index contributed by atoms with van der Waals surface area (Å²) < 4.78 is 4.94. The van der Waals surface area contributed by atoms with E-state index in [2.05, 4.69) is 0 Å². The third-order valence-corrected chi connectivity index (χ3v) is 5.06. The van der Waals surface area contributed by atoms with Crippen molar-refractivity contribution in [2.24, 2.45) is 5.92 Å². The zero-order chi connectivity index (χ0) is 15.4. The summed E-state index contributed by atoms with van der Waals surface area (Å²) in [5, 5.41) is 29.2. The molecule has 1 aromatic rings. The maximum Gasteiger partial charge on any atom is 0.312 e. The largest absolute Gasteiger partial charge is 0.466 e. The average molecular weight is 312 g/mol. The Morgan fingerprint density at radius 1 is 1.14 bits per heavy atom. The zero-order valence-corrected chi connectivity index (χ0v) is 12.6. The van der Waals surface area contributed by atoms with E-state index in [4.69, 9.17) is 4.74 Å². The number of aliphatic hydroxyl groups excluding tert-OH is 3. The van der Waals surface area contributed by atoms with Gasteiger partial charge in [-0.2, -0.15) is 0 Å². The van der Waals surface area contributed by atoms with Crippen LogP contribution >= 0.6 is 11.8 Å². The Morgan fingerprint density at radius 2 is 1.81 bits per heavy atom. The van der Waals surface area contributed by atoms with E-state index in [1.807, 2.05) is 30.3 Å². The number of hydrogen-bond donors (Lipinski definition) is 3. The molecule has 1 aromatic carbocycles. The van der Waals surface area contributed by atoms with Crippen molar-refractivity contribution in [1.82, 2.24) is 0 Å². The van der Waals surface area contributed by atoms with E-state index in [0.29, 0.717) is 5.75 Å². The predicted octanol–water partition coefficient (Wildman–Crippen LogP) is 0.564. The maximum atomic E-state index is 12.0. The molecule has 1 saturated carbocycles. The van der Waals surface area contributed by atoms with Crippen molar-refractivity contribution in [3.8, 4) is 0 Å². The number of rotatable bonds is 5. The van der Waals surface area contributed by atoms with Crippen molar-refractivity contribution >= 4 is 17.7 Å². The van der Waals surface area contributed by atoms with Gasteiger partial charge in [-0.3, -0.25) is 4.79 Å². The smallest absolute Gasteiger partial charge is 0.312 e. The number of thioether (sulfide) groups is 1. The Hall–Kier alpha value is -1.08. The molecular formula is C15H20O5S. The molecule has 0 unspecified atom stereocenters. The molecule has 0 bridgehead atoms. The van der Waals surface area contributed by atoms with Crippen LogP contribution in [0.5, 0.6) is 0 Å². The van der Waals surface area contributed by atoms with Crippen LogP contribution in [0.1, 0.15) is 12.5 Å². The van der Waals surface area contributed by atoms with E-state index in [0.717, 1.165) is 5.56 Å². The molecule has 116 valence electrons. The van der Waals surface area contributed by atoms with E-state index in [1.165, 1.54) is 11.8 Å². The monoisotopic (exact) mass is 312 g/mol. The second kappa shape index (κ2) is 7.26. The van der Waals surface area contributed by atoms with Gasteiger partial charge in [-0.05, 0) is 12.5 Å². The minimum atomic E-state index is -1.33. The van der Waals surface area contributed by atoms with Crippen LogP contribution < -0.4 is 0 Å². The van der Waals surface area contributed by atoms with Gasteiger partial charge in [0.2, 0.25) is 0 Å². The summed E-state index contributed by atoms with van der Waals surface area (Å²) in [6, 6.07) is 9.62. The van der Waals surface area contributed by atoms with Gasteiger partial charge >= 0.3 is 5.97 Å². The lowest BCUT2D eigenvalue weighted by Gasteiger charge is -2.21. The molecule has 5 atom stereocenters. The highest BCUT2D eigenvalue weighted by molar-refractivity contribution is 7.99. The van der Waals surface area contributed by atoms with Gasteiger partial charge in [0.25, 0.3) is 0 Å². The molecule has 0 radical (unpaired) electrons. The van der Waals surface area contributed by atoms with Crippen LogP contribution in [0.3, 0.4) is 0 Å². The predicted molar refractivity (Wildman–Crippen MR) is 79.7 cm³/mol. The van der Waals surface area contributed by atoms with Crippen molar-refractivity contribution in [2.75, 3.05) is 6.61 Å². The highest BCUT2D eigenvalue weighted by Crippen LogP contribution is 2.38. The molecule has 1 fully saturated rings. The van der Waals surface area contributed by atoms with Crippen molar-refractivity contribution in [3.63, 3.8) is 0 Å². The molecule has 1 aliphatic carbocycles. The average Bonchev–Trinajstić information content (AvgIpc) is 2.70. The number of hydrogen-bond acceptors (Lipinski definition) is 6. The van der Waals surface area contributed by atoms with Crippen molar-refractivity contribution in [1.29, 1.82) is 0 Å². The van der Waals surface area contributed by atoms with Crippen LogP contribution in [0.25, 0.3) is 0 Å². The summed E-state index contributed by atoms with van der Waals surface area (Å²) in [5.74, 6) is -0.910.